The van der Waals surface area contributed by atoms with E-state index in [1.807, 2.05) is 6.92 Å². The van der Waals surface area contributed by atoms with Crippen LogP contribution in [-0.4, -0.2) is 44.6 Å². The fraction of sp³-hybridized carbons (Fsp3) is 0.636. The molecule has 1 aliphatic rings. The van der Waals surface area contributed by atoms with Crippen LogP contribution in [0.25, 0.3) is 0 Å². The van der Waals surface area contributed by atoms with Gasteiger partial charge in [-0.1, -0.05) is 11.4 Å². The van der Waals surface area contributed by atoms with Gasteiger partial charge in [-0.2, -0.15) is 0 Å². The lowest BCUT2D eigenvalue weighted by molar-refractivity contribution is -0.147. The zero-order chi connectivity index (χ0) is 13.3. The zero-order valence-corrected chi connectivity index (χ0v) is 11.2. The zero-order valence-electron chi connectivity index (χ0n) is 10.3. The van der Waals surface area contributed by atoms with Crippen LogP contribution < -0.4 is 0 Å². The van der Waals surface area contributed by atoms with Crippen molar-refractivity contribution >= 4 is 23.4 Å². The van der Waals surface area contributed by atoms with E-state index < -0.39 is 11.4 Å². The molecule has 98 valence electrons. The summed E-state index contributed by atoms with van der Waals surface area (Å²) in [5, 5.41) is 13.0. The summed E-state index contributed by atoms with van der Waals surface area (Å²) in [7, 11) is 0. The Bertz CT molecular complexity index is 488. The Morgan fingerprint density at radius 3 is 2.83 bits per heavy atom. The predicted molar refractivity (Wildman–Crippen MR) is 65.6 cm³/mol. The van der Waals surface area contributed by atoms with E-state index in [4.69, 9.17) is 5.11 Å². The second-order valence-corrected chi connectivity index (χ2v) is 5.50. The lowest BCUT2D eigenvalue weighted by atomic mass is 9.90. The molecule has 0 bridgehead atoms. The fourth-order valence-electron chi connectivity index (χ4n) is 2.05. The van der Waals surface area contributed by atoms with E-state index in [1.165, 1.54) is 0 Å². The lowest BCUT2D eigenvalue weighted by Crippen LogP contribution is -2.34. The van der Waals surface area contributed by atoms with Crippen molar-refractivity contribution in [3.63, 3.8) is 0 Å². The molecule has 7 heteroatoms. The molecule has 0 spiro atoms. The Hall–Kier alpha value is -1.50. The summed E-state index contributed by atoms with van der Waals surface area (Å²) in [5.74, 6) is -0.997. The van der Waals surface area contributed by atoms with Crippen LogP contribution in [0.3, 0.4) is 0 Å². The van der Waals surface area contributed by atoms with Crippen LogP contribution in [0.4, 0.5) is 0 Å². The van der Waals surface area contributed by atoms with E-state index in [9.17, 15) is 9.59 Å². The van der Waals surface area contributed by atoms with E-state index in [-0.39, 0.29) is 12.5 Å². The molecule has 1 aromatic rings. The van der Waals surface area contributed by atoms with Crippen LogP contribution in [0.5, 0.6) is 0 Å². The van der Waals surface area contributed by atoms with Gasteiger partial charge in [-0.25, -0.2) is 0 Å². The van der Waals surface area contributed by atoms with Gasteiger partial charge in [0.15, 0.2) is 0 Å². The molecule has 1 aliphatic heterocycles. The van der Waals surface area contributed by atoms with Gasteiger partial charge in [-0.05, 0) is 31.3 Å². The highest BCUT2D eigenvalue weighted by molar-refractivity contribution is 7.08. The number of amides is 1. The van der Waals surface area contributed by atoms with E-state index in [1.54, 1.807) is 11.8 Å². The quantitative estimate of drug-likeness (QED) is 0.886. The molecule has 0 unspecified atom stereocenters. The molecule has 1 atom stereocenters. The standard InChI is InChI=1S/C11H15N3O3S/c1-3-7-8(18-13-12-7)9(15)14-5-4-11(2,6-14)10(16)17/h3-6H2,1-2H3,(H,16,17)/t11-/m0/s1. The largest absolute Gasteiger partial charge is 0.481 e. The summed E-state index contributed by atoms with van der Waals surface area (Å²) in [4.78, 5) is 25.5. The molecule has 6 nitrogen and oxygen atoms in total. The highest BCUT2D eigenvalue weighted by Gasteiger charge is 2.42. The molecular weight excluding hydrogens is 254 g/mol. The lowest BCUT2D eigenvalue weighted by Gasteiger charge is -2.19. The Balaban J connectivity index is 2.15. The maximum Gasteiger partial charge on any atom is 0.311 e. The first-order valence-electron chi connectivity index (χ1n) is 5.82. The molecular formula is C11H15N3O3S. The van der Waals surface area contributed by atoms with E-state index in [0.29, 0.717) is 30.0 Å². The summed E-state index contributed by atoms with van der Waals surface area (Å²) >= 11 is 1.08. The first-order chi connectivity index (χ1) is 8.48. The second kappa shape index (κ2) is 4.64. The molecule has 0 saturated carbocycles. The van der Waals surface area contributed by atoms with Gasteiger partial charge in [0.2, 0.25) is 0 Å². The van der Waals surface area contributed by atoms with Crippen molar-refractivity contribution in [2.24, 2.45) is 5.41 Å². The van der Waals surface area contributed by atoms with Gasteiger partial charge in [0, 0.05) is 13.1 Å². The molecule has 1 saturated heterocycles. The number of hydrogen-bond donors (Lipinski definition) is 1. The third kappa shape index (κ3) is 2.10. The van der Waals surface area contributed by atoms with Crippen molar-refractivity contribution < 1.29 is 14.7 Å². The van der Waals surface area contributed by atoms with Crippen molar-refractivity contribution in [2.75, 3.05) is 13.1 Å². The Labute approximate surface area is 109 Å². The van der Waals surface area contributed by atoms with Crippen LogP contribution in [0.2, 0.25) is 0 Å². The topological polar surface area (TPSA) is 83.4 Å². The number of aryl methyl sites for hydroxylation is 1. The van der Waals surface area contributed by atoms with Crippen molar-refractivity contribution in [3.8, 4) is 0 Å². The number of hydrogen-bond acceptors (Lipinski definition) is 5. The molecule has 2 heterocycles. The molecule has 0 radical (unpaired) electrons. The third-order valence-electron chi connectivity index (χ3n) is 3.36. The normalized spacial score (nSPS) is 23.3. The highest BCUT2D eigenvalue weighted by Crippen LogP contribution is 2.31. The summed E-state index contributed by atoms with van der Waals surface area (Å²) in [5.41, 5.74) is -0.144. The van der Waals surface area contributed by atoms with Crippen LogP contribution in [-0.2, 0) is 11.2 Å². The average molecular weight is 269 g/mol. The van der Waals surface area contributed by atoms with Crippen LogP contribution in [0, 0.1) is 5.41 Å². The van der Waals surface area contributed by atoms with Crippen LogP contribution in [0.1, 0.15) is 35.6 Å². The number of carboxylic acid groups (broad SMARTS) is 1. The average Bonchev–Trinajstić information content (AvgIpc) is 2.94. The molecule has 1 amide bonds. The number of nitrogens with zero attached hydrogens (tertiary/aromatic N) is 3. The van der Waals surface area contributed by atoms with Gasteiger partial charge in [-0.3, -0.25) is 9.59 Å². The highest BCUT2D eigenvalue weighted by atomic mass is 32.1. The summed E-state index contributed by atoms with van der Waals surface area (Å²) in [6.07, 6.45) is 1.14. The molecule has 0 aliphatic carbocycles. The second-order valence-electron chi connectivity index (χ2n) is 4.74. The number of carbonyl (C=O) groups excluding carboxylic acids is 1. The SMILES string of the molecule is CCc1nnsc1C(=O)N1CC[C@](C)(C(=O)O)C1. The van der Waals surface area contributed by atoms with Crippen molar-refractivity contribution in [2.45, 2.75) is 26.7 Å². The molecule has 1 N–H and O–H groups in total. The van der Waals surface area contributed by atoms with Crippen LogP contribution in [0.15, 0.2) is 0 Å². The third-order valence-corrected chi connectivity index (χ3v) is 4.12. The van der Waals surface area contributed by atoms with Gasteiger partial charge in [0.25, 0.3) is 5.91 Å². The summed E-state index contributed by atoms with van der Waals surface area (Å²) < 4.78 is 3.78. The van der Waals surface area contributed by atoms with Gasteiger partial charge in [0.05, 0.1) is 11.1 Å². The van der Waals surface area contributed by atoms with Gasteiger partial charge >= 0.3 is 5.97 Å². The van der Waals surface area contributed by atoms with E-state index >= 15 is 0 Å². The van der Waals surface area contributed by atoms with Gasteiger partial charge in [-0.15, -0.1) is 5.10 Å². The maximum atomic E-state index is 12.3. The van der Waals surface area contributed by atoms with Gasteiger partial charge < -0.3 is 10.0 Å². The van der Waals surface area contributed by atoms with E-state index in [0.717, 1.165) is 11.5 Å². The number of likely N-dealkylation sites (tertiary alicyclic amines) is 1. The number of aliphatic carboxylic acids is 1. The van der Waals surface area contributed by atoms with Gasteiger partial charge in [0.1, 0.15) is 4.88 Å². The molecule has 0 aromatic carbocycles. The Morgan fingerprint density at radius 2 is 2.28 bits per heavy atom. The van der Waals surface area contributed by atoms with Crippen molar-refractivity contribution in [1.82, 2.24) is 14.5 Å². The van der Waals surface area contributed by atoms with E-state index in [2.05, 4.69) is 9.59 Å². The first-order valence-corrected chi connectivity index (χ1v) is 6.59. The Morgan fingerprint density at radius 1 is 1.56 bits per heavy atom. The number of carboxylic acids is 1. The van der Waals surface area contributed by atoms with Crippen molar-refractivity contribution in [1.29, 1.82) is 0 Å². The minimum absolute atomic E-state index is 0.146. The predicted octanol–water partition coefficient (Wildman–Crippen LogP) is 1.04. The molecule has 1 fully saturated rings. The maximum absolute atomic E-state index is 12.3. The molecule has 2 rings (SSSR count). The number of aromatic nitrogens is 2. The minimum Gasteiger partial charge on any atom is -0.481 e. The number of rotatable bonds is 3. The van der Waals surface area contributed by atoms with Crippen molar-refractivity contribution in [3.05, 3.63) is 10.6 Å². The Kier molecular flexibility index (Phi) is 3.34. The summed E-state index contributed by atoms with van der Waals surface area (Å²) in [6.45, 7) is 4.32. The number of carbonyl (C=O) groups is 2. The minimum atomic E-state index is -0.851. The fourth-order valence-corrected chi connectivity index (χ4v) is 2.77. The smallest absolute Gasteiger partial charge is 0.311 e. The summed E-state index contributed by atoms with van der Waals surface area (Å²) in [6, 6.07) is 0. The molecule has 1 aromatic heterocycles. The molecule has 18 heavy (non-hydrogen) atoms. The monoisotopic (exact) mass is 269 g/mol. The van der Waals surface area contributed by atoms with Crippen LogP contribution >= 0.6 is 11.5 Å². The first kappa shape index (κ1) is 12.9.